The van der Waals surface area contributed by atoms with E-state index in [-0.39, 0.29) is 29.8 Å². The van der Waals surface area contributed by atoms with Crippen LogP contribution < -0.4 is 10.2 Å². The number of pyridine rings is 1. The van der Waals surface area contributed by atoms with Gasteiger partial charge in [-0.15, -0.1) is 0 Å². The molecular formula is C31H44FN5O3. The van der Waals surface area contributed by atoms with Crippen molar-refractivity contribution in [3.05, 3.63) is 58.7 Å². The van der Waals surface area contributed by atoms with Crippen LogP contribution in [0.25, 0.3) is 0 Å². The number of nitrogens with one attached hydrogen (secondary N) is 1. The first-order valence-corrected chi connectivity index (χ1v) is 14.6. The molecule has 5 rings (SSSR count). The Morgan fingerprint density at radius 2 is 1.88 bits per heavy atom. The van der Waals surface area contributed by atoms with Crippen LogP contribution in [0.1, 0.15) is 57.1 Å². The van der Waals surface area contributed by atoms with Crippen LogP contribution in [-0.4, -0.2) is 95.9 Å². The Balaban J connectivity index is 1.38. The number of benzene rings is 1. The fourth-order valence-electron chi connectivity index (χ4n) is 6.48. The highest BCUT2D eigenvalue weighted by atomic mass is 19.1. The van der Waals surface area contributed by atoms with Crippen molar-refractivity contribution < 1.29 is 19.0 Å². The number of amides is 1. The standard InChI is InChI=1S/C31H44FN5O3/c1-20-13-35(26(12-33-20)14-36-21(2)17-40-18-22(36)3)15-29(39)37-19-31(4,5)30-28(37)11-24(27(16-38)34-30)10-23-6-8-25(32)9-7-23/h6-9,11,20-22,26,33,38H,10,12-19H2,1-5H3/t20-,21-,22-,26-/m1/s1. The molecule has 2 aromatic rings. The molecule has 4 atom stereocenters. The van der Waals surface area contributed by atoms with E-state index < -0.39 is 0 Å². The zero-order chi connectivity index (χ0) is 28.6. The number of hydrogen-bond acceptors (Lipinski definition) is 7. The fraction of sp³-hybridized carbons (Fsp3) is 0.613. The molecule has 9 heteroatoms. The molecule has 8 nitrogen and oxygen atoms in total. The summed E-state index contributed by atoms with van der Waals surface area (Å²) in [5, 5.41) is 13.7. The molecule has 2 saturated heterocycles. The molecule has 0 bridgehead atoms. The van der Waals surface area contributed by atoms with Crippen LogP contribution in [0.4, 0.5) is 10.1 Å². The Labute approximate surface area is 237 Å². The monoisotopic (exact) mass is 553 g/mol. The van der Waals surface area contributed by atoms with E-state index in [1.54, 1.807) is 12.1 Å². The highest BCUT2D eigenvalue weighted by molar-refractivity contribution is 5.97. The van der Waals surface area contributed by atoms with E-state index in [0.717, 1.165) is 55.4 Å². The Morgan fingerprint density at radius 3 is 2.55 bits per heavy atom. The lowest BCUT2D eigenvalue weighted by molar-refractivity contribution is -0.121. The van der Waals surface area contributed by atoms with Gasteiger partial charge in [0.05, 0.1) is 43.4 Å². The van der Waals surface area contributed by atoms with Crippen molar-refractivity contribution in [2.24, 2.45) is 0 Å². The minimum Gasteiger partial charge on any atom is -0.390 e. The number of aliphatic hydroxyl groups is 1. The van der Waals surface area contributed by atoms with Gasteiger partial charge in [0.1, 0.15) is 5.82 Å². The topological polar surface area (TPSA) is 81.2 Å². The third kappa shape index (κ3) is 6.09. The molecule has 0 unspecified atom stereocenters. The van der Waals surface area contributed by atoms with E-state index >= 15 is 0 Å². The second-order valence-electron chi connectivity index (χ2n) is 12.6. The summed E-state index contributed by atoms with van der Waals surface area (Å²) >= 11 is 0. The second kappa shape index (κ2) is 11.8. The highest BCUT2D eigenvalue weighted by Gasteiger charge is 2.41. The minimum atomic E-state index is -0.335. The number of piperazine rings is 1. The van der Waals surface area contributed by atoms with Crippen LogP contribution in [-0.2, 0) is 28.0 Å². The number of carbonyl (C=O) groups excluding carboxylic acids is 1. The number of anilines is 1. The van der Waals surface area contributed by atoms with Crippen LogP contribution in [0.15, 0.2) is 30.3 Å². The molecule has 0 aliphatic carbocycles. The number of fused-ring (bicyclic) bond motifs is 1. The number of halogens is 1. The van der Waals surface area contributed by atoms with Crippen LogP contribution in [0.5, 0.6) is 0 Å². The molecule has 1 aromatic carbocycles. The van der Waals surface area contributed by atoms with E-state index in [1.165, 1.54) is 12.1 Å². The largest absolute Gasteiger partial charge is 0.390 e. The second-order valence-corrected chi connectivity index (χ2v) is 12.6. The summed E-state index contributed by atoms with van der Waals surface area (Å²) in [5.74, 6) is -0.213. The number of aliphatic hydroxyl groups excluding tert-OH is 1. The van der Waals surface area contributed by atoms with Crippen molar-refractivity contribution in [3.63, 3.8) is 0 Å². The third-order valence-corrected chi connectivity index (χ3v) is 8.75. The van der Waals surface area contributed by atoms with E-state index in [4.69, 9.17) is 9.72 Å². The number of hydrogen-bond donors (Lipinski definition) is 2. The van der Waals surface area contributed by atoms with Crippen molar-refractivity contribution in [3.8, 4) is 0 Å². The van der Waals surface area contributed by atoms with Gasteiger partial charge in [-0.25, -0.2) is 4.39 Å². The first-order chi connectivity index (χ1) is 19.1. The summed E-state index contributed by atoms with van der Waals surface area (Å²) < 4.78 is 19.2. The average molecular weight is 554 g/mol. The van der Waals surface area contributed by atoms with Crippen LogP contribution in [0.3, 0.4) is 0 Å². The molecule has 2 fully saturated rings. The van der Waals surface area contributed by atoms with Gasteiger partial charge in [0.25, 0.3) is 0 Å². The smallest absolute Gasteiger partial charge is 0.241 e. The summed E-state index contributed by atoms with van der Waals surface area (Å²) in [6, 6.07) is 9.62. The van der Waals surface area contributed by atoms with Gasteiger partial charge in [-0.3, -0.25) is 19.6 Å². The minimum absolute atomic E-state index is 0.0697. The predicted octanol–water partition coefficient (Wildman–Crippen LogP) is 2.70. The lowest BCUT2D eigenvalue weighted by atomic mass is 9.90. The molecule has 40 heavy (non-hydrogen) atoms. The number of rotatable bonds is 7. The zero-order valence-corrected chi connectivity index (χ0v) is 24.5. The number of morpholine rings is 1. The SMILES string of the molecule is C[C@@H]1CN(CC(=O)N2CC(C)(C)c3nc(CO)c(Cc4ccc(F)cc4)cc32)[C@@H](CN2[C@H](C)COC[C@H]2C)CN1. The van der Waals surface area contributed by atoms with Crippen LogP contribution >= 0.6 is 0 Å². The van der Waals surface area contributed by atoms with E-state index in [1.807, 2.05) is 11.0 Å². The fourth-order valence-corrected chi connectivity index (χ4v) is 6.48. The summed E-state index contributed by atoms with van der Waals surface area (Å²) in [5.41, 5.74) is 3.71. The average Bonchev–Trinajstić information content (AvgIpc) is 3.18. The Hall–Kier alpha value is -2.43. The van der Waals surface area contributed by atoms with E-state index in [2.05, 4.69) is 49.7 Å². The molecule has 0 radical (unpaired) electrons. The maximum Gasteiger partial charge on any atom is 0.241 e. The first-order valence-electron chi connectivity index (χ1n) is 14.6. The Morgan fingerprint density at radius 1 is 1.18 bits per heavy atom. The maximum atomic E-state index is 14.0. The molecule has 0 spiro atoms. The van der Waals surface area contributed by atoms with Gasteiger partial charge < -0.3 is 20.1 Å². The predicted molar refractivity (Wildman–Crippen MR) is 154 cm³/mol. The van der Waals surface area contributed by atoms with Gasteiger partial charge in [-0.1, -0.05) is 26.0 Å². The lowest BCUT2D eigenvalue weighted by Gasteiger charge is -2.46. The van der Waals surface area contributed by atoms with E-state index in [9.17, 15) is 14.3 Å². The number of carbonyl (C=O) groups is 1. The normalized spacial score (nSPS) is 27.1. The molecule has 3 aliphatic rings. The van der Waals surface area contributed by atoms with Gasteiger partial charge in [0, 0.05) is 55.8 Å². The van der Waals surface area contributed by atoms with Crippen molar-refractivity contribution >= 4 is 11.6 Å². The van der Waals surface area contributed by atoms with Gasteiger partial charge >= 0.3 is 0 Å². The molecule has 4 heterocycles. The van der Waals surface area contributed by atoms with Crippen molar-refractivity contribution in [1.82, 2.24) is 20.1 Å². The maximum absolute atomic E-state index is 14.0. The third-order valence-electron chi connectivity index (χ3n) is 8.75. The van der Waals surface area contributed by atoms with Gasteiger partial charge in [0.15, 0.2) is 0 Å². The Bertz CT molecular complexity index is 1200. The summed E-state index contributed by atoms with van der Waals surface area (Å²) in [6.45, 7) is 15.5. The number of ether oxygens (including phenoxy) is 1. The first kappa shape index (κ1) is 29.1. The number of nitrogens with zero attached hydrogens (tertiary/aromatic N) is 4. The van der Waals surface area contributed by atoms with Crippen molar-refractivity contribution in [2.45, 2.75) is 77.2 Å². The molecular weight excluding hydrogens is 509 g/mol. The highest BCUT2D eigenvalue weighted by Crippen LogP contribution is 2.41. The quantitative estimate of drug-likeness (QED) is 0.546. The summed E-state index contributed by atoms with van der Waals surface area (Å²) in [6.07, 6.45) is 0.506. The molecule has 0 saturated carbocycles. The van der Waals surface area contributed by atoms with Crippen LogP contribution in [0.2, 0.25) is 0 Å². The van der Waals surface area contributed by atoms with Gasteiger partial charge in [0.2, 0.25) is 5.91 Å². The molecule has 1 aromatic heterocycles. The summed E-state index contributed by atoms with van der Waals surface area (Å²) in [7, 11) is 0. The molecule has 3 aliphatic heterocycles. The van der Waals surface area contributed by atoms with E-state index in [0.29, 0.717) is 43.3 Å². The molecule has 218 valence electrons. The molecule has 1 amide bonds. The van der Waals surface area contributed by atoms with Gasteiger partial charge in [-0.2, -0.15) is 0 Å². The molecule has 2 N–H and O–H groups in total. The number of aromatic nitrogens is 1. The van der Waals surface area contributed by atoms with Crippen molar-refractivity contribution in [1.29, 1.82) is 0 Å². The lowest BCUT2D eigenvalue weighted by Crippen LogP contribution is -2.63. The zero-order valence-electron chi connectivity index (χ0n) is 24.5. The van der Waals surface area contributed by atoms with Crippen LogP contribution in [0, 0.1) is 5.82 Å². The van der Waals surface area contributed by atoms with Crippen molar-refractivity contribution in [2.75, 3.05) is 50.8 Å². The Kier molecular flexibility index (Phi) is 8.59. The summed E-state index contributed by atoms with van der Waals surface area (Å²) in [4.78, 5) is 25.6. The van der Waals surface area contributed by atoms with Gasteiger partial charge in [-0.05, 0) is 56.5 Å².